The minimum absolute atomic E-state index is 0.00780. The first-order valence-corrected chi connectivity index (χ1v) is 9.20. The summed E-state index contributed by atoms with van der Waals surface area (Å²) in [7, 11) is -3.87. The van der Waals surface area contributed by atoms with E-state index in [1.54, 1.807) is 24.3 Å². The molecule has 4 rings (SSSR count). The summed E-state index contributed by atoms with van der Waals surface area (Å²) in [6, 6.07) is 8.07. The Hall–Kier alpha value is -2.98. The summed E-state index contributed by atoms with van der Waals surface area (Å²) in [5.41, 5.74) is 0.778. The Morgan fingerprint density at radius 2 is 2.00 bits per heavy atom. The summed E-state index contributed by atoms with van der Waals surface area (Å²) in [6.07, 6.45) is 2.69. The second-order valence-electron chi connectivity index (χ2n) is 5.74. The van der Waals surface area contributed by atoms with E-state index in [4.69, 9.17) is 4.52 Å². The van der Waals surface area contributed by atoms with Crippen LogP contribution >= 0.6 is 0 Å². The largest absolute Gasteiger partial charge is 0.478 e. The van der Waals surface area contributed by atoms with Crippen molar-refractivity contribution in [2.45, 2.75) is 18.0 Å². The molecule has 0 bridgehead atoms. The van der Waals surface area contributed by atoms with E-state index in [1.165, 1.54) is 27.4 Å². The highest BCUT2D eigenvalue weighted by molar-refractivity contribution is 7.89. The maximum Gasteiger partial charge on any atom is 0.339 e. The Morgan fingerprint density at radius 3 is 2.73 bits per heavy atom. The highest BCUT2D eigenvalue weighted by atomic mass is 32.2. The Bertz CT molecular complexity index is 1070. The molecule has 3 heterocycles. The number of aromatic carboxylic acids is 1. The first-order valence-electron chi connectivity index (χ1n) is 7.76. The van der Waals surface area contributed by atoms with Crippen LogP contribution < -0.4 is 0 Å². The number of hydrogen-bond donors (Lipinski definition) is 1. The van der Waals surface area contributed by atoms with E-state index in [1.807, 2.05) is 0 Å². The third-order valence-corrected chi connectivity index (χ3v) is 6.18. The number of carbonyl (C=O) groups is 1. The summed E-state index contributed by atoms with van der Waals surface area (Å²) < 4.78 is 34.3. The smallest absolute Gasteiger partial charge is 0.339 e. The van der Waals surface area contributed by atoms with Crippen LogP contribution in [-0.2, 0) is 23.1 Å². The third kappa shape index (κ3) is 2.59. The second kappa shape index (κ2) is 6.07. The van der Waals surface area contributed by atoms with Crippen molar-refractivity contribution in [1.29, 1.82) is 0 Å². The molecule has 10 heteroatoms. The number of nitrogens with zero attached hydrogens (tertiary/aromatic N) is 4. The molecule has 2 aromatic heterocycles. The van der Waals surface area contributed by atoms with Gasteiger partial charge in [-0.05, 0) is 12.1 Å². The number of carboxylic acid groups (broad SMARTS) is 1. The van der Waals surface area contributed by atoms with Crippen LogP contribution in [0.2, 0.25) is 0 Å². The van der Waals surface area contributed by atoms with Gasteiger partial charge in [-0.25, -0.2) is 13.2 Å². The number of rotatable bonds is 4. The molecule has 1 aliphatic rings. The molecular weight excluding hydrogens is 360 g/mol. The summed E-state index contributed by atoms with van der Waals surface area (Å²) in [6.45, 7) is 0.418. The number of fused-ring (bicyclic) bond motifs is 1. The maximum absolute atomic E-state index is 13.2. The van der Waals surface area contributed by atoms with Crippen LogP contribution in [0.3, 0.4) is 0 Å². The van der Waals surface area contributed by atoms with Crippen LogP contribution in [0, 0.1) is 0 Å². The van der Waals surface area contributed by atoms with E-state index in [0.29, 0.717) is 17.0 Å². The number of benzene rings is 1. The Labute approximate surface area is 148 Å². The van der Waals surface area contributed by atoms with Crippen molar-refractivity contribution >= 4 is 16.0 Å². The lowest BCUT2D eigenvalue weighted by Gasteiger charge is -2.28. The van der Waals surface area contributed by atoms with Gasteiger partial charge in [0.1, 0.15) is 5.56 Å². The summed E-state index contributed by atoms with van der Waals surface area (Å²) in [4.78, 5) is 11.4. The third-order valence-electron chi connectivity index (χ3n) is 4.27. The first-order chi connectivity index (χ1) is 12.5. The molecule has 9 nitrogen and oxygen atoms in total. The van der Waals surface area contributed by atoms with Gasteiger partial charge in [-0.2, -0.15) is 9.40 Å². The van der Waals surface area contributed by atoms with Gasteiger partial charge >= 0.3 is 5.97 Å². The summed E-state index contributed by atoms with van der Waals surface area (Å²) >= 11 is 0. The predicted molar refractivity (Wildman–Crippen MR) is 88.7 cm³/mol. The van der Waals surface area contributed by atoms with E-state index in [2.05, 4.69) is 10.3 Å². The number of carboxylic acids is 1. The summed E-state index contributed by atoms with van der Waals surface area (Å²) in [5, 5.41) is 16.9. The van der Waals surface area contributed by atoms with E-state index in [0.717, 1.165) is 0 Å². The zero-order valence-electron chi connectivity index (χ0n) is 13.4. The molecule has 3 aromatic rings. The van der Waals surface area contributed by atoms with E-state index >= 15 is 0 Å². The minimum Gasteiger partial charge on any atom is -0.478 e. The molecule has 26 heavy (non-hydrogen) atoms. The highest BCUT2D eigenvalue weighted by Gasteiger charge is 2.33. The van der Waals surface area contributed by atoms with Crippen molar-refractivity contribution in [3.63, 3.8) is 0 Å². The molecule has 0 saturated heterocycles. The molecule has 1 aromatic carbocycles. The fraction of sp³-hybridized carbons (Fsp3) is 0.188. The van der Waals surface area contributed by atoms with Crippen molar-refractivity contribution in [3.8, 4) is 11.3 Å². The van der Waals surface area contributed by atoms with Crippen LogP contribution in [-0.4, -0.2) is 45.3 Å². The van der Waals surface area contributed by atoms with Gasteiger partial charge in [0, 0.05) is 18.2 Å². The topological polar surface area (TPSA) is 119 Å². The van der Waals surface area contributed by atoms with Gasteiger partial charge in [0.25, 0.3) is 0 Å². The molecule has 0 spiro atoms. The Morgan fingerprint density at radius 1 is 1.19 bits per heavy atom. The maximum atomic E-state index is 13.2. The number of hydrogen-bond acceptors (Lipinski definition) is 6. The van der Waals surface area contributed by atoms with E-state index in [9.17, 15) is 18.3 Å². The monoisotopic (exact) mass is 374 g/mol. The first kappa shape index (κ1) is 16.5. The molecular formula is C16H14N4O5S. The van der Waals surface area contributed by atoms with Crippen molar-refractivity contribution in [3.05, 3.63) is 54.0 Å². The van der Waals surface area contributed by atoms with Crippen LogP contribution in [0.5, 0.6) is 0 Å². The van der Waals surface area contributed by atoms with Gasteiger partial charge in [-0.15, -0.1) is 0 Å². The van der Waals surface area contributed by atoms with Crippen LogP contribution in [0.1, 0.15) is 16.1 Å². The van der Waals surface area contributed by atoms with E-state index in [-0.39, 0.29) is 30.1 Å². The Kier molecular flexibility index (Phi) is 3.85. The molecule has 0 unspecified atom stereocenters. The van der Waals surface area contributed by atoms with Gasteiger partial charge in [0.15, 0.2) is 5.76 Å². The molecule has 0 aliphatic carbocycles. The highest BCUT2D eigenvalue weighted by Crippen LogP contribution is 2.31. The van der Waals surface area contributed by atoms with Gasteiger partial charge in [-0.3, -0.25) is 4.68 Å². The van der Waals surface area contributed by atoms with Gasteiger partial charge in [0.2, 0.25) is 10.0 Å². The number of aromatic nitrogens is 3. The van der Waals surface area contributed by atoms with Crippen LogP contribution in [0.15, 0.2) is 52.1 Å². The molecule has 0 atom stereocenters. The average Bonchev–Trinajstić information content (AvgIpc) is 3.30. The number of sulfonamides is 1. The molecule has 0 saturated carbocycles. The van der Waals surface area contributed by atoms with Crippen molar-refractivity contribution in [2.24, 2.45) is 0 Å². The van der Waals surface area contributed by atoms with Crippen molar-refractivity contribution in [1.82, 2.24) is 19.2 Å². The lowest BCUT2D eigenvalue weighted by atomic mass is 10.2. The standard InChI is InChI=1S/C16H14N4O5S/c21-16(22)12-9-17-20-8-7-19(10-13(12)20)26(23,24)15-4-2-1-3-11(15)14-5-6-18-25-14/h1-6,9H,7-8,10H2,(H,21,22). The van der Waals surface area contributed by atoms with Gasteiger partial charge in [-0.1, -0.05) is 17.3 Å². The minimum atomic E-state index is -3.87. The molecule has 1 N–H and O–H groups in total. The predicted octanol–water partition coefficient (Wildman–Crippen LogP) is 1.44. The molecule has 134 valence electrons. The molecule has 1 aliphatic heterocycles. The fourth-order valence-electron chi connectivity index (χ4n) is 3.00. The lowest BCUT2D eigenvalue weighted by Crippen LogP contribution is -2.39. The van der Waals surface area contributed by atoms with Crippen LogP contribution in [0.4, 0.5) is 0 Å². The van der Waals surface area contributed by atoms with Crippen LogP contribution in [0.25, 0.3) is 11.3 Å². The quantitative estimate of drug-likeness (QED) is 0.734. The SMILES string of the molecule is O=C(O)c1cnn2c1CN(S(=O)(=O)c1ccccc1-c1ccno1)CC2. The molecule has 0 radical (unpaired) electrons. The van der Waals surface area contributed by atoms with Crippen molar-refractivity contribution < 1.29 is 22.8 Å². The molecule has 0 amide bonds. The lowest BCUT2D eigenvalue weighted by molar-refractivity contribution is 0.0694. The van der Waals surface area contributed by atoms with Gasteiger partial charge in [0.05, 0.1) is 36.1 Å². The van der Waals surface area contributed by atoms with Gasteiger partial charge < -0.3 is 9.63 Å². The fourth-order valence-corrected chi connectivity index (χ4v) is 4.58. The zero-order valence-corrected chi connectivity index (χ0v) is 14.3. The zero-order chi connectivity index (χ0) is 18.3. The molecule has 0 fully saturated rings. The Balaban J connectivity index is 1.75. The van der Waals surface area contributed by atoms with E-state index < -0.39 is 16.0 Å². The average molecular weight is 374 g/mol. The summed E-state index contributed by atoms with van der Waals surface area (Å²) in [5.74, 6) is -0.787. The van der Waals surface area contributed by atoms with Crippen molar-refractivity contribution in [2.75, 3.05) is 6.54 Å². The normalized spacial score (nSPS) is 14.9. The second-order valence-corrected chi connectivity index (χ2v) is 7.65.